The Labute approximate surface area is 106 Å². The van der Waals surface area contributed by atoms with Crippen LogP contribution < -0.4 is 5.32 Å². The van der Waals surface area contributed by atoms with Crippen molar-refractivity contribution < 1.29 is 13.6 Å². The molecule has 0 saturated heterocycles. The lowest BCUT2D eigenvalue weighted by Crippen LogP contribution is -2.35. The predicted octanol–water partition coefficient (Wildman–Crippen LogP) is 2.04. The Hall–Kier alpha value is -1.49. The van der Waals surface area contributed by atoms with Gasteiger partial charge in [0.05, 0.1) is 0 Å². The fraction of sp³-hybridized carbons (Fsp3) is 0.462. The first-order valence-corrected chi connectivity index (χ1v) is 6.04. The zero-order chi connectivity index (χ0) is 13.5. The fourth-order valence-electron chi connectivity index (χ4n) is 1.67. The minimum atomic E-state index is -0.838. The molecule has 1 rings (SSSR count). The van der Waals surface area contributed by atoms with E-state index in [-0.39, 0.29) is 0 Å². The molecule has 0 bridgehead atoms. The van der Waals surface area contributed by atoms with Crippen LogP contribution in [0.5, 0.6) is 0 Å². The molecule has 1 aromatic rings. The second-order valence-corrected chi connectivity index (χ2v) is 3.88. The second kappa shape index (κ2) is 7.06. The van der Waals surface area contributed by atoms with Crippen molar-refractivity contribution in [2.75, 3.05) is 26.2 Å². The SMILES string of the molecule is CCN(CC)CCNC(=O)c1c(F)cccc1F. The van der Waals surface area contributed by atoms with Gasteiger partial charge in [0.2, 0.25) is 0 Å². The quantitative estimate of drug-likeness (QED) is 0.844. The summed E-state index contributed by atoms with van der Waals surface area (Å²) >= 11 is 0. The molecule has 0 spiro atoms. The van der Waals surface area contributed by atoms with Crippen molar-refractivity contribution in [3.05, 3.63) is 35.4 Å². The molecule has 0 fully saturated rings. The third-order valence-corrected chi connectivity index (χ3v) is 2.80. The molecular formula is C13H18F2N2O. The summed E-state index contributed by atoms with van der Waals surface area (Å²) in [7, 11) is 0. The Morgan fingerprint density at radius 2 is 1.78 bits per heavy atom. The second-order valence-electron chi connectivity index (χ2n) is 3.88. The number of carbonyl (C=O) groups excluding carboxylic acids is 1. The first-order valence-electron chi connectivity index (χ1n) is 6.04. The molecule has 0 aliphatic carbocycles. The molecule has 3 nitrogen and oxygen atoms in total. The number of halogens is 2. The van der Waals surface area contributed by atoms with Crippen LogP contribution in [0.4, 0.5) is 8.78 Å². The third-order valence-electron chi connectivity index (χ3n) is 2.80. The van der Waals surface area contributed by atoms with Crippen molar-refractivity contribution in [1.82, 2.24) is 10.2 Å². The number of carbonyl (C=O) groups is 1. The van der Waals surface area contributed by atoms with Gasteiger partial charge in [-0.3, -0.25) is 4.79 Å². The highest BCUT2D eigenvalue weighted by Gasteiger charge is 2.16. The zero-order valence-electron chi connectivity index (χ0n) is 10.7. The standard InChI is InChI=1S/C13H18F2N2O/c1-3-17(4-2)9-8-16-13(18)12-10(14)6-5-7-11(12)15/h5-7H,3-4,8-9H2,1-2H3,(H,16,18). The van der Waals surface area contributed by atoms with Crippen LogP contribution in [-0.4, -0.2) is 37.0 Å². The number of nitrogens with one attached hydrogen (secondary N) is 1. The van der Waals surface area contributed by atoms with Gasteiger partial charge < -0.3 is 10.2 Å². The molecule has 0 aliphatic heterocycles. The summed E-state index contributed by atoms with van der Waals surface area (Å²) in [5.41, 5.74) is -0.517. The first-order chi connectivity index (χ1) is 8.60. The fourth-order valence-corrected chi connectivity index (χ4v) is 1.67. The van der Waals surface area contributed by atoms with E-state index in [1.165, 1.54) is 6.07 Å². The van der Waals surface area contributed by atoms with E-state index < -0.39 is 23.1 Å². The van der Waals surface area contributed by atoms with Gasteiger partial charge in [0, 0.05) is 13.1 Å². The van der Waals surface area contributed by atoms with Crippen molar-refractivity contribution >= 4 is 5.91 Å². The molecule has 0 unspecified atom stereocenters. The average molecular weight is 256 g/mol. The van der Waals surface area contributed by atoms with Crippen LogP contribution in [0.25, 0.3) is 0 Å². The molecule has 0 aliphatic rings. The molecule has 1 N–H and O–H groups in total. The highest BCUT2D eigenvalue weighted by atomic mass is 19.1. The van der Waals surface area contributed by atoms with Crippen LogP contribution in [0.3, 0.4) is 0 Å². The molecule has 0 aromatic heterocycles. The molecule has 0 atom stereocenters. The Bertz CT molecular complexity index is 386. The molecule has 18 heavy (non-hydrogen) atoms. The lowest BCUT2D eigenvalue weighted by atomic mass is 10.2. The maximum Gasteiger partial charge on any atom is 0.257 e. The number of rotatable bonds is 6. The molecule has 0 saturated carbocycles. The van der Waals surface area contributed by atoms with E-state index in [0.29, 0.717) is 13.1 Å². The number of nitrogens with zero attached hydrogens (tertiary/aromatic N) is 1. The van der Waals surface area contributed by atoms with E-state index in [9.17, 15) is 13.6 Å². The van der Waals surface area contributed by atoms with E-state index in [4.69, 9.17) is 0 Å². The highest BCUT2D eigenvalue weighted by molar-refractivity contribution is 5.94. The van der Waals surface area contributed by atoms with Crippen molar-refractivity contribution in [2.24, 2.45) is 0 Å². The van der Waals surface area contributed by atoms with E-state index in [1.54, 1.807) is 0 Å². The van der Waals surface area contributed by atoms with Crippen molar-refractivity contribution in [3.63, 3.8) is 0 Å². The summed E-state index contributed by atoms with van der Waals surface area (Å²) in [6.07, 6.45) is 0. The van der Waals surface area contributed by atoms with Crippen molar-refractivity contribution in [1.29, 1.82) is 0 Å². The van der Waals surface area contributed by atoms with E-state index in [1.807, 2.05) is 13.8 Å². The molecule has 0 heterocycles. The maximum absolute atomic E-state index is 13.3. The van der Waals surface area contributed by atoms with Crippen LogP contribution in [0.1, 0.15) is 24.2 Å². The van der Waals surface area contributed by atoms with Gasteiger partial charge in [0.15, 0.2) is 0 Å². The van der Waals surface area contributed by atoms with E-state index in [2.05, 4.69) is 10.2 Å². The van der Waals surface area contributed by atoms with E-state index in [0.717, 1.165) is 25.2 Å². The van der Waals surface area contributed by atoms with Crippen molar-refractivity contribution in [3.8, 4) is 0 Å². The van der Waals surface area contributed by atoms with Crippen LogP contribution >= 0.6 is 0 Å². The summed E-state index contributed by atoms with van der Waals surface area (Å²) in [5, 5.41) is 2.52. The summed E-state index contributed by atoms with van der Waals surface area (Å²) in [4.78, 5) is 13.7. The minimum absolute atomic E-state index is 0.369. The topological polar surface area (TPSA) is 32.3 Å². The van der Waals surface area contributed by atoms with Gasteiger partial charge in [-0.1, -0.05) is 19.9 Å². The molecule has 5 heteroatoms. The molecular weight excluding hydrogens is 238 g/mol. The normalized spacial score (nSPS) is 10.7. The monoisotopic (exact) mass is 256 g/mol. The van der Waals surface area contributed by atoms with Gasteiger partial charge in [-0.15, -0.1) is 0 Å². The smallest absolute Gasteiger partial charge is 0.257 e. The summed E-state index contributed by atoms with van der Waals surface area (Å²) in [6, 6.07) is 3.38. The molecule has 1 aromatic carbocycles. The maximum atomic E-state index is 13.3. The van der Waals surface area contributed by atoms with Crippen molar-refractivity contribution in [2.45, 2.75) is 13.8 Å². The Morgan fingerprint density at radius 1 is 1.22 bits per heavy atom. The number of hydrogen-bond donors (Lipinski definition) is 1. The van der Waals surface area contributed by atoms with Crippen LogP contribution in [-0.2, 0) is 0 Å². The Kier molecular flexibility index (Phi) is 5.71. The molecule has 1 amide bonds. The minimum Gasteiger partial charge on any atom is -0.351 e. The first kappa shape index (κ1) is 14.6. The number of likely N-dealkylation sites (N-methyl/N-ethyl adjacent to an activating group) is 1. The molecule has 0 radical (unpaired) electrons. The predicted molar refractivity (Wildman–Crippen MR) is 66.5 cm³/mol. The van der Waals surface area contributed by atoms with Gasteiger partial charge in [-0.05, 0) is 25.2 Å². The van der Waals surface area contributed by atoms with Gasteiger partial charge >= 0.3 is 0 Å². The average Bonchev–Trinajstić information content (AvgIpc) is 2.34. The van der Waals surface area contributed by atoms with Crippen LogP contribution in [0.2, 0.25) is 0 Å². The number of amides is 1. The highest BCUT2D eigenvalue weighted by Crippen LogP contribution is 2.11. The van der Waals surface area contributed by atoms with Gasteiger partial charge in [0.25, 0.3) is 5.91 Å². The zero-order valence-corrected chi connectivity index (χ0v) is 10.7. The Morgan fingerprint density at radius 3 is 2.28 bits per heavy atom. The van der Waals surface area contributed by atoms with E-state index >= 15 is 0 Å². The van der Waals surface area contributed by atoms with Gasteiger partial charge in [0.1, 0.15) is 17.2 Å². The van der Waals surface area contributed by atoms with Gasteiger partial charge in [-0.2, -0.15) is 0 Å². The summed E-state index contributed by atoms with van der Waals surface area (Å²) in [6.45, 7) is 6.81. The molecule has 100 valence electrons. The Balaban J connectivity index is 2.56. The lowest BCUT2D eigenvalue weighted by molar-refractivity contribution is 0.0940. The van der Waals surface area contributed by atoms with Crippen LogP contribution in [0, 0.1) is 11.6 Å². The summed E-state index contributed by atoms with van der Waals surface area (Å²) in [5.74, 6) is -2.39. The third kappa shape index (κ3) is 3.77. The lowest BCUT2D eigenvalue weighted by Gasteiger charge is -2.18. The summed E-state index contributed by atoms with van der Waals surface area (Å²) < 4.78 is 26.6. The largest absolute Gasteiger partial charge is 0.351 e. The number of benzene rings is 1. The van der Waals surface area contributed by atoms with Crippen LogP contribution in [0.15, 0.2) is 18.2 Å². The van der Waals surface area contributed by atoms with Gasteiger partial charge in [-0.25, -0.2) is 8.78 Å². The number of hydrogen-bond acceptors (Lipinski definition) is 2.